The fourth-order valence-electron chi connectivity index (χ4n) is 4.84. The molecule has 0 aromatic heterocycles. The van der Waals surface area contributed by atoms with Gasteiger partial charge in [0.05, 0.1) is 37.5 Å². The average Bonchev–Trinajstić information content (AvgIpc) is 3.15. The van der Waals surface area contributed by atoms with Gasteiger partial charge in [-0.1, -0.05) is 6.07 Å². The summed E-state index contributed by atoms with van der Waals surface area (Å²) in [6.45, 7) is 10.1. The number of hydrogen-bond acceptors (Lipinski definition) is 8. The predicted octanol–water partition coefficient (Wildman–Crippen LogP) is 3.72. The van der Waals surface area contributed by atoms with Gasteiger partial charge in [-0.3, -0.25) is 14.5 Å². The van der Waals surface area contributed by atoms with E-state index in [-0.39, 0.29) is 28.9 Å². The van der Waals surface area contributed by atoms with Gasteiger partial charge < -0.3 is 29.3 Å². The lowest BCUT2D eigenvalue weighted by Gasteiger charge is -2.29. The molecule has 2 aliphatic rings. The van der Waals surface area contributed by atoms with Gasteiger partial charge in [-0.2, -0.15) is 0 Å². The lowest BCUT2D eigenvalue weighted by atomic mass is 9.95. The fourth-order valence-corrected chi connectivity index (χ4v) is 4.84. The second-order valence-electron chi connectivity index (χ2n) is 9.65. The number of rotatable bonds is 10. The van der Waals surface area contributed by atoms with E-state index in [1.807, 2.05) is 13.8 Å². The zero-order chi connectivity index (χ0) is 27.2. The molecule has 1 atom stereocenters. The molecule has 0 radical (unpaired) electrons. The van der Waals surface area contributed by atoms with E-state index in [2.05, 4.69) is 4.90 Å². The van der Waals surface area contributed by atoms with Crippen molar-refractivity contribution in [1.82, 2.24) is 9.80 Å². The van der Waals surface area contributed by atoms with E-state index in [0.717, 1.165) is 19.6 Å². The highest BCUT2D eigenvalue weighted by Crippen LogP contribution is 2.42. The minimum Gasteiger partial charge on any atom is -0.507 e. The van der Waals surface area contributed by atoms with Crippen LogP contribution >= 0.6 is 0 Å². The Hall–Kier alpha value is -3.56. The predicted molar refractivity (Wildman–Crippen MR) is 142 cm³/mol. The Morgan fingerprint density at radius 2 is 1.79 bits per heavy atom. The molecule has 2 N–H and O–H groups in total. The lowest BCUT2D eigenvalue weighted by molar-refractivity contribution is -0.140. The number of carbonyl (C=O) groups is 2. The third-order valence-electron chi connectivity index (χ3n) is 6.62. The van der Waals surface area contributed by atoms with Crippen LogP contribution in [0.25, 0.3) is 5.76 Å². The van der Waals surface area contributed by atoms with E-state index in [0.29, 0.717) is 49.7 Å². The molecule has 0 bridgehead atoms. The van der Waals surface area contributed by atoms with E-state index in [9.17, 15) is 19.8 Å². The largest absolute Gasteiger partial charge is 0.507 e. The van der Waals surface area contributed by atoms with Crippen LogP contribution in [0.1, 0.15) is 44.4 Å². The number of carbonyl (C=O) groups excluding carboxylic acids is 2. The van der Waals surface area contributed by atoms with Crippen LogP contribution in [-0.4, -0.2) is 83.8 Å². The van der Waals surface area contributed by atoms with Crippen LogP contribution in [0.4, 0.5) is 0 Å². The van der Waals surface area contributed by atoms with Crippen LogP contribution in [-0.2, 0) is 14.3 Å². The number of aliphatic hydroxyl groups excluding tert-OH is 1. The first-order chi connectivity index (χ1) is 18.3. The van der Waals surface area contributed by atoms with Gasteiger partial charge >= 0.3 is 0 Å². The molecular formula is C29H36N2O7. The summed E-state index contributed by atoms with van der Waals surface area (Å²) in [4.78, 5) is 30.4. The smallest absolute Gasteiger partial charge is 0.295 e. The van der Waals surface area contributed by atoms with E-state index >= 15 is 0 Å². The highest BCUT2D eigenvalue weighted by Gasteiger charge is 2.46. The van der Waals surface area contributed by atoms with Gasteiger partial charge in [0.25, 0.3) is 11.7 Å². The number of hydrogen-bond donors (Lipinski definition) is 2. The first-order valence-corrected chi connectivity index (χ1v) is 13.1. The van der Waals surface area contributed by atoms with Gasteiger partial charge in [0.15, 0.2) is 11.5 Å². The van der Waals surface area contributed by atoms with Crippen LogP contribution in [0.5, 0.6) is 17.2 Å². The number of aromatic hydroxyl groups is 1. The highest BCUT2D eigenvalue weighted by molar-refractivity contribution is 6.46. The number of benzene rings is 2. The molecule has 2 aromatic rings. The molecular weight excluding hydrogens is 488 g/mol. The summed E-state index contributed by atoms with van der Waals surface area (Å²) in [5, 5.41) is 21.6. The Labute approximate surface area is 223 Å². The molecule has 204 valence electrons. The molecule has 1 unspecified atom stereocenters. The number of Topliss-reactive ketones (excluding diaryl/α,β-unsaturated/α-hetero) is 1. The molecule has 0 aliphatic carbocycles. The van der Waals surface area contributed by atoms with Gasteiger partial charge in [-0.15, -0.1) is 0 Å². The number of ketones is 1. The van der Waals surface area contributed by atoms with Gasteiger partial charge in [0.1, 0.15) is 11.5 Å². The van der Waals surface area contributed by atoms with Crippen LogP contribution in [0.3, 0.4) is 0 Å². The Morgan fingerprint density at radius 3 is 2.45 bits per heavy atom. The third-order valence-corrected chi connectivity index (χ3v) is 6.62. The summed E-state index contributed by atoms with van der Waals surface area (Å²) in [6.07, 6.45) is 0.646. The van der Waals surface area contributed by atoms with E-state index in [1.54, 1.807) is 43.3 Å². The number of phenolic OH excluding ortho intramolecular Hbond substituents is 1. The third kappa shape index (κ3) is 6.11. The van der Waals surface area contributed by atoms with Crippen LogP contribution < -0.4 is 9.47 Å². The zero-order valence-corrected chi connectivity index (χ0v) is 22.2. The number of phenols is 1. The van der Waals surface area contributed by atoms with E-state index < -0.39 is 17.7 Å². The number of ether oxygens (including phenoxy) is 3. The quantitative estimate of drug-likeness (QED) is 0.275. The second kappa shape index (κ2) is 12.3. The molecule has 0 spiro atoms. The van der Waals surface area contributed by atoms with Crippen molar-refractivity contribution in [2.24, 2.45) is 0 Å². The minimum atomic E-state index is -0.828. The summed E-state index contributed by atoms with van der Waals surface area (Å²) in [6, 6.07) is 10.7. The van der Waals surface area contributed by atoms with E-state index in [4.69, 9.17) is 14.2 Å². The van der Waals surface area contributed by atoms with Gasteiger partial charge in [0, 0.05) is 31.7 Å². The molecule has 2 aromatic carbocycles. The number of aliphatic hydroxyl groups is 1. The fraction of sp³-hybridized carbons (Fsp3) is 0.448. The number of amides is 1. The van der Waals surface area contributed by atoms with Crippen molar-refractivity contribution in [3.8, 4) is 17.2 Å². The van der Waals surface area contributed by atoms with Gasteiger partial charge in [-0.25, -0.2) is 0 Å². The van der Waals surface area contributed by atoms with Crippen LogP contribution in [0.15, 0.2) is 48.0 Å². The summed E-state index contributed by atoms with van der Waals surface area (Å²) < 4.78 is 16.7. The van der Waals surface area contributed by atoms with Crippen LogP contribution in [0.2, 0.25) is 0 Å². The molecule has 2 heterocycles. The highest BCUT2D eigenvalue weighted by atomic mass is 16.5. The monoisotopic (exact) mass is 524 g/mol. The molecule has 9 heteroatoms. The van der Waals surface area contributed by atoms with Gasteiger partial charge in [-0.05, 0) is 69.2 Å². The molecule has 1 amide bonds. The van der Waals surface area contributed by atoms with Crippen molar-refractivity contribution in [3.05, 3.63) is 59.2 Å². The molecule has 2 fully saturated rings. The SMILES string of the molecule is CCOc1cc(C2/C(=C(\O)c3ccc(OC(C)C)cc3)C(=O)C(=O)N2CCCN2CCOCC2)ccc1O. The Bertz CT molecular complexity index is 1170. The van der Waals surface area contributed by atoms with E-state index in [1.165, 1.54) is 11.0 Å². The first kappa shape index (κ1) is 27.5. The van der Waals surface area contributed by atoms with Crippen molar-refractivity contribution >= 4 is 17.4 Å². The summed E-state index contributed by atoms with van der Waals surface area (Å²) >= 11 is 0. The molecule has 2 saturated heterocycles. The summed E-state index contributed by atoms with van der Waals surface area (Å²) in [5.41, 5.74) is 0.978. The van der Waals surface area contributed by atoms with Crippen molar-refractivity contribution in [2.45, 2.75) is 39.3 Å². The van der Waals surface area contributed by atoms with Crippen LogP contribution in [0, 0.1) is 0 Å². The standard InChI is InChI=1S/C29H36N2O7/c1-4-37-24-18-21(8-11-23(24)32)26-25(27(33)20-6-9-22(10-7-20)38-19(2)3)28(34)29(35)31(26)13-5-12-30-14-16-36-17-15-30/h6-11,18-19,26,32-33H,4-5,12-17H2,1-3H3/b27-25+. The van der Waals surface area contributed by atoms with Crippen molar-refractivity contribution < 1.29 is 34.0 Å². The molecule has 4 rings (SSSR count). The number of morpholine rings is 1. The van der Waals surface area contributed by atoms with Crippen molar-refractivity contribution in [1.29, 1.82) is 0 Å². The first-order valence-electron chi connectivity index (χ1n) is 13.1. The normalized spacial score (nSPS) is 19.8. The summed E-state index contributed by atoms with van der Waals surface area (Å²) in [7, 11) is 0. The maximum Gasteiger partial charge on any atom is 0.295 e. The van der Waals surface area contributed by atoms with Crippen molar-refractivity contribution in [3.63, 3.8) is 0 Å². The minimum absolute atomic E-state index is 0.00652. The summed E-state index contributed by atoms with van der Waals surface area (Å²) in [5.74, 6) is -0.820. The zero-order valence-electron chi connectivity index (χ0n) is 22.2. The van der Waals surface area contributed by atoms with Gasteiger partial charge in [0.2, 0.25) is 0 Å². The maximum atomic E-state index is 13.3. The number of nitrogens with zero attached hydrogens (tertiary/aromatic N) is 2. The molecule has 38 heavy (non-hydrogen) atoms. The Morgan fingerprint density at radius 1 is 1.08 bits per heavy atom. The molecule has 0 saturated carbocycles. The Balaban J connectivity index is 1.69. The average molecular weight is 525 g/mol. The number of likely N-dealkylation sites (tertiary alicyclic amines) is 1. The Kier molecular flexibility index (Phi) is 8.91. The molecule has 9 nitrogen and oxygen atoms in total. The topological polar surface area (TPSA) is 109 Å². The maximum absolute atomic E-state index is 13.3. The van der Waals surface area contributed by atoms with Crippen molar-refractivity contribution in [2.75, 3.05) is 46.0 Å². The lowest BCUT2D eigenvalue weighted by Crippen LogP contribution is -2.38. The molecule has 2 aliphatic heterocycles. The second-order valence-corrected chi connectivity index (χ2v) is 9.65.